The summed E-state index contributed by atoms with van der Waals surface area (Å²) in [5.41, 5.74) is 2.81. The molecular weight excluding hydrogens is 222 g/mol. The lowest BCUT2D eigenvalue weighted by atomic mass is 10.1. The van der Waals surface area contributed by atoms with Crippen LogP contribution in [-0.4, -0.2) is 12.1 Å². The van der Waals surface area contributed by atoms with Crippen LogP contribution >= 0.6 is 11.6 Å². The third kappa shape index (κ3) is 1.92. The Labute approximate surface area is 101 Å². The van der Waals surface area contributed by atoms with E-state index in [0.717, 1.165) is 30.3 Å². The maximum Gasteiger partial charge on any atom is 0.127 e. The zero-order valence-electron chi connectivity index (χ0n) is 9.48. The van der Waals surface area contributed by atoms with Gasteiger partial charge in [0.15, 0.2) is 0 Å². The van der Waals surface area contributed by atoms with E-state index in [1.54, 1.807) is 0 Å². The molecule has 1 aromatic rings. The Morgan fingerprint density at radius 3 is 3.00 bits per heavy atom. The van der Waals surface area contributed by atoms with Gasteiger partial charge in [-0.15, -0.1) is 0 Å². The topological polar surface area (TPSA) is 21.3 Å². The molecule has 1 heterocycles. The number of rotatable bonds is 3. The van der Waals surface area contributed by atoms with Crippen LogP contribution in [0.25, 0.3) is 0 Å². The number of halogens is 1. The van der Waals surface area contributed by atoms with Crippen LogP contribution in [0, 0.1) is 0 Å². The normalized spacial score (nSPS) is 20.4. The first kappa shape index (κ1) is 10.4. The van der Waals surface area contributed by atoms with E-state index in [0.29, 0.717) is 5.54 Å². The number of nitrogens with one attached hydrogen (secondary N) is 1. The highest BCUT2D eigenvalue weighted by Gasteiger charge is 2.36. The third-order valence-electron chi connectivity index (χ3n) is 3.53. The predicted octanol–water partition coefficient (Wildman–Crippen LogP) is 2.92. The van der Waals surface area contributed by atoms with Crippen molar-refractivity contribution in [1.29, 1.82) is 0 Å². The minimum Gasteiger partial charge on any atom is -0.493 e. The molecule has 1 fully saturated rings. The largest absolute Gasteiger partial charge is 0.493 e. The molecule has 0 amide bonds. The van der Waals surface area contributed by atoms with Gasteiger partial charge in [0.05, 0.1) is 6.61 Å². The molecule has 0 aromatic heterocycles. The van der Waals surface area contributed by atoms with E-state index in [1.165, 1.54) is 24.0 Å². The minimum atomic E-state index is 0.355. The molecular formula is C13H16ClNO. The van der Waals surface area contributed by atoms with E-state index in [-0.39, 0.29) is 0 Å². The van der Waals surface area contributed by atoms with Crippen molar-refractivity contribution in [3.8, 4) is 5.75 Å². The first-order chi connectivity index (χ1) is 7.66. The number of hydrogen-bond donors (Lipinski definition) is 1. The van der Waals surface area contributed by atoms with Gasteiger partial charge in [0.25, 0.3) is 0 Å². The van der Waals surface area contributed by atoms with Crippen molar-refractivity contribution in [3.63, 3.8) is 0 Å². The number of ether oxygens (including phenoxy) is 1. The zero-order chi connectivity index (χ0) is 11.2. The summed E-state index contributed by atoms with van der Waals surface area (Å²) in [7, 11) is 0. The Balaban J connectivity index is 1.82. The molecule has 0 spiro atoms. The van der Waals surface area contributed by atoms with Crippen LogP contribution in [0.1, 0.15) is 30.9 Å². The molecule has 2 aliphatic rings. The monoisotopic (exact) mass is 237 g/mol. The zero-order valence-corrected chi connectivity index (χ0v) is 10.2. The first-order valence-corrected chi connectivity index (χ1v) is 6.23. The van der Waals surface area contributed by atoms with Gasteiger partial charge in [-0.05, 0) is 37.5 Å². The highest BCUT2D eigenvalue weighted by Crippen LogP contribution is 2.37. The number of fused-ring (bicyclic) bond motifs is 1. The lowest BCUT2D eigenvalue weighted by Crippen LogP contribution is -2.27. The predicted molar refractivity (Wildman–Crippen MR) is 65.1 cm³/mol. The van der Waals surface area contributed by atoms with Gasteiger partial charge in [-0.1, -0.05) is 11.6 Å². The van der Waals surface area contributed by atoms with Gasteiger partial charge in [0, 0.05) is 29.1 Å². The summed E-state index contributed by atoms with van der Waals surface area (Å²) >= 11 is 6.11. The van der Waals surface area contributed by atoms with Crippen molar-refractivity contribution < 1.29 is 4.74 Å². The fraction of sp³-hybridized carbons (Fsp3) is 0.538. The highest BCUT2D eigenvalue weighted by molar-refractivity contribution is 6.30. The molecule has 0 bridgehead atoms. The fourth-order valence-corrected chi connectivity index (χ4v) is 2.41. The summed E-state index contributed by atoms with van der Waals surface area (Å²) in [5.74, 6) is 1.06. The summed E-state index contributed by atoms with van der Waals surface area (Å²) < 4.78 is 5.67. The maximum atomic E-state index is 6.11. The molecule has 1 aliphatic heterocycles. The Morgan fingerprint density at radius 1 is 1.44 bits per heavy atom. The fourth-order valence-electron chi connectivity index (χ4n) is 2.15. The summed E-state index contributed by atoms with van der Waals surface area (Å²) in [5, 5.41) is 4.39. The van der Waals surface area contributed by atoms with Crippen LogP contribution in [-0.2, 0) is 13.0 Å². The third-order valence-corrected chi connectivity index (χ3v) is 3.75. The number of benzene rings is 1. The molecule has 0 radical (unpaired) electrons. The molecule has 1 saturated carbocycles. The molecule has 3 heteroatoms. The van der Waals surface area contributed by atoms with Gasteiger partial charge >= 0.3 is 0 Å². The Hall–Kier alpha value is -0.730. The second-order valence-corrected chi connectivity index (χ2v) is 5.50. The van der Waals surface area contributed by atoms with E-state index in [1.807, 2.05) is 12.1 Å². The first-order valence-electron chi connectivity index (χ1n) is 5.85. The molecule has 1 aromatic carbocycles. The molecule has 0 atom stereocenters. The lowest BCUT2D eigenvalue weighted by Gasteiger charge is -2.14. The average molecular weight is 238 g/mol. The van der Waals surface area contributed by atoms with Gasteiger partial charge in [0.2, 0.25) is 0 Å². The SMILES string of the molecule is CC1(NCc2cc(Cl)cc3c2OCC3)CC1. The van der Waals surface area contributed by atoms with Gasteiger partial charge in [0.1, 0.15) is 5.75 Å². The van der Waals surface area contributed by atoms with E-state index < -0.39 is 0 Å². The lowest BCUT2D eigenvalue weighted by molar-refractivity contribution is 0.351. The second kappa shape index (κ2) is 3.64. The van der Waals surface area contributed by atoms with Crippen LogP contribution in [0.5, 0.6) is 5.75 Å². The maximum absolute atomic E-state index is 6.11. The Morgan fingerprint density at radius 2 is 2.25 bits per heavy atom. The van der Waals surface area contributed by atoms with Crippen LogP contribution in [0.3, 0.4) is 0 Å². The van der Waals surface area contributed by atoms with E-state index >= 15 is 0 Å². The quantitative estimate of drug-likeness (QED) is 0.873. The van der Waals surface area contributed by atoms with Crippen LogP contribution in [0.4, 0.5) is 0 Å². The van der Waals surface area contributed by atoms with E-state index in [2.05, 4.69) is 12.2 Å². The van der Waals surface area contributed by atoms with Crippen LogP contribution in [0.2, 0.25) is 5.02 Å². The molecule has 1 aliphatic carbocycles. The van der Waals surface area contributed by atoms with Crippen molar-refractivity contribution >= 4 is 11.6 Å². The van der Waals surface area contributed by atoms with Gasteiger partial charge in [-0.2, -0.15) is 0 Å². The second-order valence-electron chi connectivity index (χ2n) is 5.07. The molecule has 3 rings (SSSR count). The van der Waals surface area contributed by atoms with E-state index in [9.17, 15) is 0 Å². The van der Waals surface area contributed by atoms with Gasteiger partial charge in [-0.25, -0.2) is 0 Å². The van der Waals surface area contributed by atoms with Crippen LogP contribution in [0.15, 0.2) is 12.1 Å². The van der Waals surface area contributed by atoms with Crippen molar-refractivity contribution in [2.75, 3.05) is 6.61 Å². The minimum absolute atomic E-state index is 0.355. The standard InChI is InChI=1S/C13H16ClNO/c1-13(3-4-13)15-8-10-7-11(14)6-9-2-5-16-12(9)10/h6-7,15H,2-5,8H2,1H3. The molecule has 0 saturated heterocycles. The molecule has 16 heavy (non-hydrogen) atoms. The van der Waals surface area contributed by atoms with Crippen molar-refractivity contribution in [1.82, 2.24) is 5.32 Å². The molecule has 86 valence electrons. The van der Waals surface area contributed by atoms with Crippen molar-refractivity contribution in [2.24, 2.45) is 0 Å². The average Bonchev–Trinajstić information content (AvgIpc) is 2.79. The van der Waals surface area contributed by atoms with Gasteiger partial charge in [-0.3, -0.25) is 0 Å². The van der Waals surface area contributed by atoms with E-state index in [4.69, 9.17) is 16.3 Å². The number of hydrogen-bond acceptors (Lipinski definition) is 2. The summed E-state index contributed by atoms with van der Waals surface area (Å²) in [4.78, 5) is 0. The summed E-state index contributed by atoms with van der Waals surface area (Å²) in [6, 6.07) is 4.04. The van der Waals surface area contributed by atoms with Crippen molar-refractivity contribution in [3.05, 3.63) is 28.3 Å². The summed E-state index contributed by atoms with van der Waals surface area (Å²) in [6.07, 6.45) is 3.54. The molecule has 2 nitrogen and oxygen atoms in total. The van der Waals surface area contributed by atoms with Crippen LogP contribution < -0.4 is 10.1 Å². The van der Waals surface area contributed by atoms with Crippen molar-refractivity contribution in [2.45, 2.75) is 38.3 Å². The summed E-state index contributed by atoms with van der Waals surface area (Å²) in [6.45, 7) is 3.91. The van der Waals surface area contributed by atoms with Gasteiger partial charge < -0.3 is 10.1 Å². The smallest absolute Gasteiger partial charge is 0.127 e. The molecule has 0 unspecified atom stereocenters. The molecule has 1 N–H and O–H groups in total. The highest BCUT2D eigenvalue weighted by atomic mass is 35.5. The Bertz CT molecular complexity index is 426. The Kier molecular flexibility index (Phi) is 2.37.